The van der Waals surface area contributed by atoms with Crippen molar-refractivity contribution in [2.75, 3.05) is 0 Å². The molecular weight excluding hydrogens is 148 g/mol. The van der Waals surface area contributed by atoms with E-state index in [0.717, 1.165) is 5.52 Å². The van der Waals surface area contributed by atoms with Crippen LogP contribution in [0.4, 0.5) is 0 Å². The highest BCUT2D eigenvalue weighted by atomic mass is 35.5. The lowest BCUT2D eigenvalue weighted by Gasteiger charge is -1.86. The fourth-order valence-corrected chi connectivity index (χ4v) is 1.10. The van der Waals surface area contributed by atoms with E-state index in [1.807, 2.05) is 30.5 Å². The first-order valence-corrected chi connectivity index (χ1v) is 3.34. The third kappa shape index (κ3) is 0.772. The van der Waals surface area contributed by atoms with E-state index >= 15 is 0 Å². The summed E-state index contributed by atoms with van der Waals surface area (Å²) in [4.78, 5) is 0. The van der Waals surface area contributed by atoms with Crippen molar-refractivity contribution < 1.29 is 0 Å². The van der Waals surface area contributed by atoms with Crippen LogP contribution in [0.25, 0.3) is 5.52 Å². The Labute approximate surface area is 63.0 Å². The third-order valence-electron chi connectivity index (χ3n) is 1.34. The Balaban J connectivity index is 2.88. The van der Waals surface area contributed by atoms with Gasteiger partial charge in [0.2, 0.25) is 0 Å². The first-order valence-electron chi connectivity index (χ1n) is 2.96. The Morgan fingerprint density at radius 3 is 3.10 bits per heavy atom. The van der Waals surface area contributed by atoms with Crippen molar-refractivity contribution >= 4 is 17.1 Å². The van der Waals surface area contributed by atoms with Crippen molar-refractivity contribution in [2.45, 2.75) is 0 Å². The summed E-state index contributed by atoms with van der Waals surface area (Å²) < 4.78 is 1.74. The van der Waals surface area contributed by atoms with Gasteiger partial charge in [0.05, 0.1) is 5.52 Å². The molecule has 0 bridgehead atoms. The minimum Gasteiger partial charge on any atom is -0.239 e. The smallest absolute Gasteiger partial charge is 0.152 e. The van der Waals surface area contributed by atoms with Crippen LogP contribution in [0.5, 0.6) is 0 Å². The summed E-state index contributed by atoms with van der Waals surface area (Å²) in [5.41, 5.74) is 1.02. The molecule has 0 aliphatic carbocycles. The second-order valence-electron chi connectivity index (χ2n) is 2.04. The number of aromatic nitrogens is 2. The second kappa shape index (κ2) is 1.99. The molecule has 0 fully saturated rings. The average Bonchev–Trinajstić information content (AvgIpc) is 2.27. The van der Waals surface area contributed by atoms with Crippen LogP contribution in [-0.2, 0) is 0 Å². The van der Waals surface area contributed by atoms with Gasteiger partial charge in [-0.15, -0.1) is 0 Å². The van der Waals surface area contributed by atoms with Crippen LogP contribution < -0.4 is 0 Å². The molecule has 2 aromatic heterocycles. The molecule has 0 aromatic carbocycles. The Bertz CT molecular complexity index is 320. The quantitative estimate of drug-likeness (QED) is 0.564. The Hall–Kier alpha value is -1.02. The standard InChI is InChI=1S/C7H5ClN2/c8-7-5-6-3-1-2-4-10(6)9-7/h1-5H. The van der Waals surface area contributed by atoms with Crippen LogP contribution in [-0.4, -0.2) is 9.61 Å². The number of hydrogen-bond donors (Lipinski definition) is 0. The summed E-state index contributed by atoms with van der Waals surface area (Å²) in [5.74, 6) is 0. The zero-order valence-corrected chi connectivity index (χ0v) is 5.92. The Kier molecular flexibility index (Phi) is 1.14. The van der Waals surface area contributed by atoms with Crippen molar-refractivity contribution in [3.8, 4) is 0 Å². The molecule has 0 atom stereocenters. The van der Waals surface area contributed by atoms with Crippen molar-refractivity contribution in [3.63, 3.8) is 0 Å². The molecule has 2 rings (SSSR count). The van der Waals surface area contributed by atoms with Crippen molar-refractivity contribution in [2.24, 2.45) is 0 Å². The first-order chi connectivity index (χ1) is 4.86. The SMILES string of the molecule is Clc1cc2ccccn2n1. The zero-order valence-electron chi connectivity index (χ0n) is 5.16. The molecule has 10 heavy (non-hydrogen) atoms. The van der Waals surface area contributed by atoms with Crippen LogP contribution in [0, 0.1) is 0 Å². The van der Waals surface area contributed by atoms with Gasteiger partial charge in [-0.3, -0.25) is 0 Å². The first kappa shape index (κ1) is 5.74. The summed E-state index contributed by atoms with van der Waals surface area (Å²) in [6, 6.07) is 7.64. The second-order valence-corrected chi connectivity index (χ2v) is 2.42. The average molecular weight is 153 g/mol. The minimum absolute atomic E-state index is 0.534. The highest BCUT2D eigenvalue weighted by molar-refractivity contribution is 6.29. The van der Waals surface area contributed by atoms with Gasteiger partial charge in [-0.25, -0.2) is 4.52 Å². The molecule has 0 saturated carbocycles. The monoisotopic (exact) mass is 152 g/mol. The van der Waals surface area contributed by atoms with E-state index in [1.165, 1.54) is 0 Å². The van der Waals surface area contributed by atoms with Gasteiger partial charge in [-0.05, 0) is 12.1 Å². The molecule has 0 saturated heterocycles. The van der Waals surface area contributed by atoms with Crippen molar-refractivity contribution in [3.05, 3.63) is 35.6 Å². The highest BCUT2D eigenvalue weighted by Crippen LogP contribution is 2.09. The van der Waals surface area contributed by atoms with E-state index in [2.05, 4.69) is 5.10 Å². The predicted octanol–water partition coefficient (Wildman–Crippen LogP) is 1.99. The van der Waals surface area contributed by atoms with E-state index < -0.39 is 0 Å². The van der Waals surface area contributed by atoms with Gasteiger partial charge in [0.25, 0.3) is 0 Å². The topological polar surface area (TPSA) is 17.3 Å². The largest absolute Gasteiger partial charge is 0.239 e. The van der Waals surface area contributed by atoms with Gasteiger partial charge in [0.1, 0.15) is 0 Å². The number of pyridine rings is 1. The molecule has 0 unspecified atom stereocenters. The number of hydrogen-bond acceptors (Lipinski definition) is 1. The van der Waals surface area contributed by atoms with Gasteiger partial charge >= 0.3 is 0 Å². The van der Waals surface area contributed by atoms with Crippen LogP contribution in [0.3, 0.4) is 0 Å². The van der Waals surface area contributed by atoms with Gasteiger partial charge in [-0.1, -0.05) is 17.7 Å². The molecule has 2 heterocycles. The normalized spacial score (nSPS) is 10.5. The molecule has 2 nitrogen and oxygen atoms in total. The molecule has 50 valence electrons. The molecular formula is C7H5ClN2. The highest BCUT2D eigenvalue weighted by Gasteiger charge is 1.94. The van der Waals surface area contributed by atoms with Gasteiger partial charge in [0, 0.05) is 12.3 Å². The zero-order chi connectivity index (χ0) is 6.97. The number of nitrogens with zero attached hydrogens (tertiary/aromatic N) is 2. The fraction of sp³-hybridized carbons (Fsp3) is 0. The number of fused-ring (bicyclic) bond motifs is 1. The Morgan fingerprint density at radius 1 is 1.40 bits per heavy atom. The van der Waals surface area contributed by atoms with Crippen LogP contribution >= 0.6 is 11.6 Å². The van der Waals surface area contributed by atoms with Crippen molar-refractivity contribution in [1.82, 2.24) is 9.61 Å². The lowest BCUT2D eigenvalue weighted by Crippen LogP contribution is -1.82. The summed E-state index contributed by atoms with van der Waals surface area (Å²) >= 11 is 5.65. The lowest BCUT2D eigenvalue weighted by atomic mass is 10.4. The molecule has 0 spiro atoms. The number of rotatable bonds is 0. The minimum atomic E-state index is 0.534. The van der Waals surface area contributed by atoms with Gasteiger partial charge < -0.3 is 0 Å². The molecule has 2 aromatic rings. The molecule has 3 heteroatoms. The van der Waals surface area contributed by atoms with E-state index in [1.54, 1.807) is 4.52 Å². The van der Waals surface area contributed by atoms with Crippen LogP contribution in [0.1, 0.15) is 0 Å². The summed E-state index contributed by atoms with van der Waals surface area (Å²) in [6.45, 7) is 0. The predicted molar refractivity (Wildman–Crippen MR) is 40.2 cm³/mol. The van der Waals surface area contributed by atoms with E-state index in [9.17, 15) is 0 Å². The molecule has 0 amide bonds. The Morgan fingerprint density at radius 2 is 2.30 bits per heavy atom. The maximum atomic E-state index is 5.65. The lowest BCUT2D eigenvalue weighted by molar-refractivity contribution is 0.962. The third-order valence-corrected chi connectivity index (χ3v) is 1.52. The van der Waals surface area contributed by atoms with E-state index in [-0.39, 0.29) is 0 Å². The molecule has 0 radical (unpaired) electrons. The maximum absolute atomic E-state index is 5.65. The van der Waals surface area contributed by atoms with Gasteiger partial charge in [-0.2, -0.15) is 5.10 Å². The summed E-state index contributed by atoms with van der Waals surface area (Å²) in [7, 11) is 0. The fourth-order valence-electron chi connectivity index (χ4n) is 0.907. The molecule has 0 N–H and O–H groups in total. The molecule has 0 aliphatic rings. The maximum Gasteiger partial charge on any atom is 0.152 e. The van der Waals surface area contributed by atoms with Gasteiger partial charge in [0.15, 0.2) is 5.15 Å². The molecule has 0 aliphatic heterocycles. The van der Waals surface area contributed by atoms with E-state index in [0.29, 0.717) is 5.15 Å². The number of halogens is 1. The summed E-state index contributed by atoms with van der Waals surface area (Å²) in [6.07, 6.45) is 1.86. The van der Waals surface area contributed by atoms with Crippen molar-refractivity contribution in [1.29, 1.82) is 0 Å². The summed E-state index contributed by atoms with van der Waals surface area (Å²) in [5, 5.41) is 4.53. The van der Waals surface area contributed by atoms with Crippen LogP contribution in [0.15, 0.2) is 30.5 Å². The van der Waals surface area contributed by atoms with E-state index in [4.69, 9.17) is 11.6 Å². The van der Waals surface area contributed by atoms with Crippen LogP contribution in [0.2, 0.25) is 5.15 Å².